The van der Waals surface area contributed by atoms with Crippen molar-refractivity contribution in [1.82, 2.24) is 4.31 Å². The number of rotatable bonds is 4. The van der Waals surface area contributed by atoms with Gasteiger partial charge in [-0.15, -0.1) is 0 Å². The van der Waals surface area contributed by atoms with Crippen molar-refractivity contribution >= 4 is 52.7 Å². The lowest BCUT2D eigenvalue weighted by atomic mass is 10.2. The molecule has 0 unspecified atom stereocenters. The van der Waals surface area contributed by atoms with E-state index in [2.05, 4.69) is 18.1 Å². The van der Waals surface area contributed by atoms with Gasteiger partial charge in [0.25, 0.3) is 0 Å². The molecule has 0 aliphatic heterocycles. The van der Waals surface area contributed by atoms with Gasteiger partial charge in [-0.2, -0.15) is 0 Å². The highest BCUT2D eigenvalue weighted by Gasteiger charge is 2.20. The van der Waals surface area contributed by atoms with E-state index in [9.17, 15) is 9.18 Å². The first-order valence-electron chi connectivity index (χ1n) is 8.86. The maximum Gasteiger partial charge on any atom is 0.337 e. The minimum absolute atomic E-state index is 0.0523. The topological polar surface area (TPSA) is 54.7 Å². The van der Waals surface area contributed by atoms with Gasteiger partial charge in [0, 0.05) is 11.1 Å². The lowest BCUT2D eigenvalue weighted by Gasteiger charge is -2.16. The first-order valence-corrected chi connectivity index (χ1v) is 9.67. The number of nitrogens with zero attached hydrogens (tertiary/aromatic N) is 1. The molecule has 0 saturated heterocycles. The Balaban J connectivity index is 1.41. The number of carbonyl (C=O) groups is 1. The Labute approximate surface area is 182 Å². The van der Waals surface area contributed by atoms with E-state index in [4.69, 9.17) is 21.4 Å². The van der Waals surface area contributed by atoms with Crippen molar-refractivity contribution in [3.63, 3.8) is 0 Å². The van der Waals surface area contributed by atoms with E-state index in [1.807, 2.05) is 30.3 Å². The van der Waals surface area contributed by atoms with E-state index in [1.54, 1.807) is 30.3 Å². The van der Waals surface area contributed by atoms with Crippen molar-refractivity contribution in [3.8, 4) is 11.5 Å². The highest BCUT2D eigenvalue weighted by Crippen LogP contribution is 2.24. The molecule has 0 saturated carbocycles. The fraction of sp³-hybridized carbons (Fsp3) is 0. The van der Waals surface area contributed by atoms with Gasteiger partial charge in [0.1, 0.15) is 22.9 Å². The summed E-state index contributed by atoms with van der Waals surface area (Å²) in [6.07, 6.45) is 0. The molecule has 0 spiro atoms. The molecule has 4 aromatic rings. The lowest BCUT2D eigenvalue weighted by molar-refractivity contribution is 0.248. The molecule has 2 amide bonds. The average molecular weight is 439 g/mol. The van der Waals surface area contributed by atoms with Gasteiger partial charge in [0.15, 0.2) is 10.7 Å². The summed E-state index contributed by atoms with van der Waals surface area (Å²) in [5.41, 5.74) is 0.999. The number of hydrogen-bond acceptors (Lipinski definition) is 5. The monoisotopic (exact) mass is 438 g/mol. The van der Waals surface area contributed by atoms with Crippen molar-refractivity contribution < 1.29 is 18.3 Å². The summed E-state index contributed by atoms with van der Waals surface area (Å²) >= 11 is 9.46. The minimum Gasteiger partial charge on any atom is -0.457 e. The number of hydrogen-bond donors (Lipinski definition) is 2. The first kappa shape index (κ1) is 19.9. The van der Waals surface area contributed by atoms with Gasteiger partial charge in [0.05, 0.1) is 0 Å². The molecular weight excluding hydrogens is 423 g/mol. The molecule has 1 N–H and O–H groups in total. The average Bonchev–Trinajstić information content (AvgIpc) is 3.18. The molecular formula is C22H15FN2O3S2. The summed E-state index contributed by atoms with van der Waals surface area (Å²) in [6, 6.07) is 21.3. The van der Waals surface area contributed by atoms with E-state index in [0.29, 0.717) is 28.2 Å². The molecule has 5 nitrogen and oxygen atoms in total. The van der Waals surface area contributed by atoms with E-state index in [-0.39, 0.29) is 16.6 Å². The fourth-order valence-corrected chi connectivity index (χ4v) is 3.06. The smallest absolute Gasteiger partial charge is 0.337 e. The summed E-state index contributed by atoms with van der Waals surface area (Å²) in [6.45, 7) is 0. The van der Waals surface area contributed by atoms with Crippen LogP contribution in [0.15, 0.2) is 83.3 Å². The Bertz CT molecular complexity index is 1210. The summed E-state index contributed by atoms with van der Waals surface area (Å²) in [5.74, 6) is 1.20. The quantitative estimate of drug-likeness (QED) is 0.285. The van der Waals surface area contributed by atoms with Crippen molar-refractivity contribution in [2.45, 2.75) is 0 Å². The summed E-state index contributed by atoms with van der Waals surface area (Å²) in [7, 11) is 0. The Morgan fingerprint density at radius 2 is 1.70 bits per heavy atom. The SMILES string of the molecule is O=C(Nc1ccc(Oc2ccccc2)cc1)N(S)C(=S)c1cc2cc(F)ccc2o1. The standard InChI is InChI=1S/C22H15FN2O3S2/c23-15-6-11-19-14(12-15)13-20(28-19)21(29)25(30)22(26)24-16-7-9-18(10-8-16)27-17-4-2-1-3-5-17/h1-13,30H,(H,24,26). The van der Waals surface area contributed by atoms with Gasteiger partial charge in [-0.3, -0.25) is 0 Å². The molecule has 0 aliphatic rings. The van der Waals surface area contributed by atoms with Crippen molar-refractivity contribution in [1.29, 1.82) is 0 Å². The number of thiocarbonyl (C=S) groups is 1. The molecule has 150 valence electrons. The molecule has 3 aromatic carbocycles. The number of urea groups is 1. The second-order valence-corrected chi connectivity index (χ2v) is 7.07. The number of amides is 2. The number of fused-ring (bicyclic) bond motifs is 1. The van der Waals surface area contributed by atoms with Gasteiger partial charge in [-0.05, 0) is 60.7 Å². The summed E-state index contributed by atoms with van der Waals surface area (Å²) in [5, 5.41) is 3.24. The van der Waals surface area contributed by atoms with Gasteiger partial charge < -0.3 is 14.5 Å². The molecule has 0 radical (unpaired) electrons. The van der Waals surface area contributed by atoms with Crippen LogP contribution in [0.25, 0.3) is 11.0 Å². The number of ether oxygens (including phenoxy) is 1. The van der Waals surface area contributed by atoms with Gasteiger partial charge in [0.2, 0.25) is 0 Å². The molecule has 0 atom stereocenters. The lowest BCUT2D eigenvalue weighted by Crippen LogP contribution is -2.31. The number of nitrogens with one attached hydrogen (secondary N) is 1. The van der Waals surface area contributed by atoms with Crippen molar-refractivity contribution in [2.24, 2.45) is 0 Å². The molecule has 0 aliphatic carbocycles. The zero-order valence-corrected chi connectivity index (χ0v) is 17.1. The molecule has 8 heteroatoms. The van der Waals surface area contributed by atoms with Crippen LogP contribution in [-0.4, -0.2) is 15.3 Å². The first-order chi connectivity index (χ1) is 14.5. The number of benzene rings is 3. The number of halogens is 1. The molecule has 30 heavy (non-hydrogen) atoms. The van der Waals surface area contributed by atoms with Crippen molar-refractivity contribution in [3.05, 3.63) is 90.4 Å². The predicted molar refractivity (Wildman–Crippen MR) is 121 cm³/mol. The zero-order valence-electron chi connectivity index (χ0n) is 15.4. The molecule has 0 fully saturated rings. The number of furan rings is 1. The van der Waals surface area contributed by atoms with Crippen molar-refractivity contribution in [2.75, 3.05) is 5.32 Å². The van der Waals surface area contributed by atoms with Crippen LogP contribution in [0.1, 0.15) is 5.76 Å². The van der Waals surface area contributed by atoms with E-state index >= 15 is 0 Å². The van der Waals surface area contributed by atoms with Gasteiger partial charge in [-0.25, -0.2) is 13.5 Å². The summed E-state index contributed by atoms with van der Waals surface area (Å²) < 4.78 is 25.6. The Hall–Kier alpha value is -3.36. The maximum atomic E-state index is 13.4. The minimum atomic E-state index is -0.563. The van der Waals surface area contributed by atoms with Crippen LogP contribution in [0.5, 0.6) is 11.5 Å². The third-order valence-electron chi connectivity index (χ3n) is 4.16. The van der Waals surface area contributed by atoms with E-state index in [1.165, 1.54) is 18.2 Å². The van der Waals surface area contributed by atoms with Crippen LogP contribution in [0.2, 0.25) is 0 Å². The van der Waals surface area contributed by atoms with Crippen LogP contribution in [0, 0.1) is 5.82 Å². The predicted octanol–water partition coefficient (Wildman–Crippen LogP) is 6.42. The highest BCUT2D eigenvalue weighted by molar-refractivity contribution is 7.85. The Morgan fingerprint density at radius 1 is 1.00 bits per heavy atom. The number of anilines is 1. The highest BCUT2D eigenvalue weighted by atomic mass is 32.1. The number of para-hydroxylation sites is 1. The second kappa shape index (κ2) is 8.56. The third kappa shape index (κ3) is 4.45. The fourth-order valence-electron chi connectivity index (χ4n) is 2.72. The van der Waals surface area contributed by atoms with Crippen LogP contribution >= 0.6 is 25.0 Å². The van der Waals surface area contributed by atoms with Gasteiger partial charge in [-0.1, -0.05) is 43.2 Å². The van der Waals surface area contributed by atoms with E-state index in [0.717, 1.165) is 4.31 Å². The molecule has 1 heterocycles. The number of carbonyl (C=O) groups excluding carboxylic acids is 1. The Morgan fingerprint density at radius 3 is 2.43 bits per heavy atom. The normalized spacial score (nSPS) is 10.6. The van der Waals surface area contributed by atoms with Crippen LogP contribution < -0.4 is 10.1 Å². The summed E-state index contributed by atoms with van der Waals surface area (Å²) in [4.78, 5) is 12.5. The molecule has 4 rings (SSSR count). The maximum absolute atomic E-state index is 13.4. The van der Waals surface area contributed by atoms with Gasteiger partial charge >= 0.3 is 6.03 Å². The number of thiol groups is 1. The Kier molecular flexibility index (Phi) is 5.69. The van der Waals surface area contributed by atoms with Crippen LogP contribution in [0.3, 0.4) is 0 Å². The van der Waals surface area contributed by atoms with E-state index < -0.39 is 6.03 Å². The van der Waals surface area contributed by atoms with Crippen LogP contribution in [0.4, 0.5) is 14.9 Å². The second-order valence-electron chi connectivity index (χ2n) is 6.28. The zero-order chi connectivity index (χ0) is 21.1. The molecule has 1 aromatic heterocycles. The molecule has 0 bridgehead atoms. The van der Waals surface area contributed by atoms with Crippen LogP contribution in [-0.2, 0) is 0 Å². The largest absolute Gasteiger partial charge is 0.457 e. The third-order valence-corrected chi connectivity index (χ3v) is 5.06.